The monoisotopic (exact) mass is 606 g/mol. The van der Waals surface area contributed by atoms with Gasteiger partial charge in [0, 0.05) is 23.4 Å². The van der Waals surface area contributed by atoms with Crippen LogP contribution in [0, 0.1) is 6.92 Å². The lowest BCUT2D eigenvalue weighted by atomic mass is 9.92. The molecule has 0 bridgehead atoms. The van der Waals surface area contributed by atoms with E-state index in [4.69, 9.17) is 14.2 Å². The lowest BCUT2D eigenvalue weighted by molar-refractivity contribution is -0.152. The molecule has 0 saturated carbocycles. The Bertz CT molecular complexity index is 1700. The highest BCUT2D eigenvalue weighted by atomic mass is 16.6. The van der Waals surface area contributed by atoms with Crippen LogP contribution in [0.5, 0.6) is 5.88 Å². The largest absolute Gasteiger partial charge is 0.478 e. The predicted octanol–water partition coefficient (Wildman–Crippen LogP) is 5.86. The first kappa shape index (κ1) is 31.1. The normalized spacial score (nSPS) is 15.3. The van der Waals surface area contributed by atoms with E-state index in [1.165, 1.54) is 12.0 Å². The second-order valence-corrected chi connectivity index (χ2v) is 10.8. The van der Waals surface area contributed by atoms with Crippen LogP contribution in [0.25, 0.3) is 0 Å². The van der Waals surface area contributed by atoms with Crippen LogP contribution in [-0.2, 0) is 19.1 Å². The van der Waals surface area contributed by atoms with E-state index in [0.29, 0.717) is 34.9 Å². The van der Waals surface area contributed by atoms with E-state index in [9.17, 15) is 14.4 Å². The zero-order valence-corrected chi connectivity index (χ0v) is 25.8. The molecule has 2 aromatic carbocycles. The number of ether oxygens (including phenoxy) is 3. The van der Waals surface area contributed by atoms with Crippen molar-refractivity contribution in [1.82, 2.24) is 15.2 Å². The minimum absolute atomic E-state index is 0.0236. The molecule has 230 valence electrons. The second kappa shape index (κ2) is 13.5. The Morgan fingerprint density at radius 1 is 0.911 bits per heavy atom. The van der Waals surface area contributed by atoms with Crippen molar-refractivity contribution >= 4 is 23.5 Å². The van der Waals surface area contributed by atoms with Gasteiger partial charge >= 0.3 is 5.97 Å². The fourth-order valence-electron chi connectivity index (χ4n) is 5.08. The molecule has 0 aliphatic carbocycles. The number of ketones is 1. The van der Waals surface area contributed by atoms with Crippen LogP contribution >= 0.6 is 0 Å². The van der Waals surface area contributed by atoms with Crippen molar-refractivity contribution < 1.29 is 28.6 Å². The van der Waals surface area contributed by atoms with E-state index in [-0.39, 0.29) is 23.1 Å². The van der Waals surface area contributed by atoms with Crippen molar-refractivity contribution in [2.45, 2.75) is 45.8 Å². The molecular formula is C35H34N4O6. The van der Waals surface area contributed by atoms with Gasteiger partial charge in [0.25, 0.3) is 5.91 Å². The van der Waals surface area contributed by atoms with Crippen molar-refractivity contribution in [3.8, 4) is 5.88 Å². The highest BCUT2D eigenvalue weighted by Gasteiger charge is 2.48. The van der Waals surface area contributed by atoms with Gasteiger partial charge in [-0.05, 0) is 49.1 Å². The molecule has 0 saturated heterocycles. The smallest absolute Gasteiger partial charge is 0.351 e. The minimum atomic E-state index is -1.33. The summed E-state index contributed by atoms with van der Waals surface area (Å²) in [4.78, 5) is 47.8. The van der Waals surface area contributed by atoms with E-state index >= 15 is 0 Å². The van der Waals surface area contributed by atoms with Crippen molar-refractivity contribution in [2.24, 2.45) is 0 Å². The lowest BCUT2D eigenvalue weighted by Gasteiger charge is -2.25. The fourth-order valence-corrected chi connectivity index (χ4v) is 5.08. The Morgan fingerprint density at radius 3 is 2.22 bits per heavy atom. The summed E-state index contributed by atoms with van der Waals surface area (Å²) in [6.07, 6.45) is 0.217. The molecule has 45 heavy (non-hydrogen) atoms. The topological polar surface area (TPSA) is 121 Å². The molecule has 3 heterocycles. The van der Waals surface area contributed by atoms with E-state index in [1.54, 1.807) is 79.9 Å². The Morgan fingerprint density at radius 2 is 1.64 bits per heavy atom. The molecule has 1 unspecified atom stereocenters. The van der Waals surface area contributed by atoms with E-state index < -0.39 is 29.8 Å². The van der Waals surface area contributed by atoms with Crippen LogP contribution in [0.2, 0.25) is 0 Å². The maximum Gasteiger partial charge on any atom is 0.351 e. The molecule has 10 nitrogen and oxygen atoms in total. The van der Waals surface area contributed by atoms with Gasteiger partial charge in [-0.3, -0.25) is 14.5 Å². The number of aryl methyl sites for hydroxylation is 1. The molecule has 2 atom stereocenters. The molecular weight excluding hydrogens is 572 g/mol. The summed E-state index contributed by atoms with van der Waals surface area (Å²) in [6, 6.07) is 21.6. The number of hydrogen-bond donors (Lipinski definition) is 0. The maximum absolute atomic E-state index is 14.5. The number of esters is 1. The van der Waals surface area contributed by atoms with Crippen LogP contribution in [0.1, 0.15) is 71.6 Å². The van der Waals surface area contributed by atoms with Crippen molar-refractivity contribution in [1.29, 1.82) is 0 Å². The lowest BCUT2D eigenvalue weighted by Crippen LogP contribution is -2.32. The maximum atomic E-state index is 14.5. The van der Waals surface area contributed by atoms with Gasteiger partial charge in [-0.1, -0.05) is 68.4 Å². The molecule has 0 radical (unpaired) electrons. The van der Waals surface area contributed by atoms with Crippen molar-refractivity contribution in [3.05, 3.63) is 124 Å². The number of carbonyl (C=O) groups excluding carboxylic acids is 3. The summed E-state index contributed by atoms with van der Waals surface area (Å²) in [6.45, 7) is 8.17. The van der Waals surface area contributed by atoms with Crippen LogP contribution in [-0.4, -0.2) is 46.6 Å². The SMILES string of the molecule is CCOc1ccc([C@@H]2C(C(=O)c3ccc(C(C)C)cc3)=C(OC(C(=O)OC)c3ccccc3)C(=O)N2c2ccc(C)nn2)cn1. The van der Waals surface area contributed by atoms with Crippen LogP contribution < -0.4 is 9.64 Å². The average Bonchev–Trinajstić information content (AvgIpc) is 3.35. The average molecular weight is 607 g/mol. The number of benzene rings is 2. The molecule has 0 N–H and O–H groups in total. The Labute approximate surface area is 261 Å². The summed E-state index contributed by atoms with van der Waals surface area (Å²) >= 11 is 0. The number of hydrogen-bond acceptors (Lipinski definition) is 9. The second-order valence-electron chi connectivity index (χ2n) is 10.8. The quantitative estimate of drug-likeness (QED) is 0.153. The molecule has 2 aromatic heterocycles. The van der Waals surface area contributed by atoms with Gasteiger partial charge in [0.05, 0.1) is 31.0 Å². The molecule has 5 rings (SSSR count). The molecule has 4 aromatic rings. The summed E-state index contributed by atoms with van der Waals surface area (Å²) in [5.41, 5.74) is 3.02. The third kappa shape index (κ3) is 6.45. The Balaban J connectivity index is 1.73. The van der Waals surface area contributed by atoms with Crippen LogP contribution in [0.15, 0.2) is 96.4 Å². The molecule has 10 heteroatoms. The van der Waals surface area contributed by atoms with Gasteiger partial charge < -0.3 is 14.2 Å². The Hall–Kier alpha value is -5.38. The number of Topliss-reactive ketones (excluding diaryl/α,β-unsaturated/α-hetero) is 1. The van der Waals surface area contributed by atoms with Gasteiger partial charge in [0.15, 0.2) is 17.4 Å². The molecule has 1 aliphatic rings. The number of methoxy groups -OCH3 is 1. The summed E-state index contributed by atoms with van der Waals surface area (Å²) < 4.78 is 16.9. The standard InChI is InChI=1S/C35H34N4O6/c1-6-44-28-19-17-26(20-36-28)30-29(31(40)24-15-13-23(14-16-24)21(2)3)33(34(41)39(30)27-18-12-22(4)37-38-27)45-32(35(42)43-5)25-10-8-7-9-11-25/h7-21,30,32H,6H2,1-5H3/t30-,32?/m1/s1. The van der Waals surface area contributed by atoms with Crippen LogP contribution in [0.4, 0.5) is 5.82 Å². The summed E-state index contributed by atoms with van der Waals surface area (Å²) in [7, 11) is 1.23. The van der Waals surface area contributed by atoms with Gasteiger partial charge in [-0.2, -0.15) is 5.10 Å². The number of carbonyl (C=O) groups is 3. The fraction of sp³-hybridized carbons (Fsp3) is 0.257. The number of anilines is 1. The summed E-state index contributed by atoms with van der Waals surface area (Å²) in [5, 5.41) is 8.43. The van der Waals surface area contributed by atoms with Gasteiger partial charge in [-0.25, -0.2) is 9.78 Å². The predicted molar refractivity (Wildman–Crippen MR) is 167 cm³/mol. The minimum Gasteiger partial charge on any atom is -0.478 e. The van der Waals surface area contributed by atoms with Gasteiger partial charge in [-0.15, -0.1) is 5.10 Å². The third-order valence-electron chi connectivity index (χ3n) is 7.42. The zero-order chi connectivity index (χ0) is 32.1. The van der Waals surface area contributed by atoms with Crippen LogP contribution in [0.3, 0.4) is 0 Å². The molecule has 0 fully saturated rings. The number of amides is 1. The van der Waals surface area contributed by atoms with Gasteiger partial charge in [0.2, 0.25) is 12.0 Å². The first-order chi connectivity index (χ1) is 21.7. The summed E-state index contributed by atoms with van der Waals surface area (Å²) in [5.74, 6) is -1.32. The van der Waals surface area contributed by atoms with Crippen molar-refractivity contribution in [2.75, 3.05) is 18.6 Å². The molecule has 1 aliphatic heterocycles. The highest BCUT2D eigenvalue weighted by Crippen LogP contribution is 2.44. The third-order valence-corrected chi connectivity index (χ3v) is 7.42. The first-order valence-electron chi connectivity index (χ1n) is 14.6. The van der Waals surface area contributed by atoms with Crippen molar-refractivity contribution in [3.63, 3.8) is 0 Å². The van der Waals surface area contributed by atoms with E-state index in [1.807, 2.05) is 19.1 Å². The molecule has 0 spiro atoms. The zero-order valence-electron chi connectivity index (χ0n) is 25.8. The number of pyridine rings is 1. The number of rotatable bonds is 11. The molecule has 1 amide bonds. The van der Waals surface area contributed by atoms with Gasteiger partial charge in [0.1, 0.15) is 0 Å². The van der Waals surface area contributed by atoms with E-state index in [0.717, 1.165) is 5.56 Å². The highest BCUT2D eigenvalue weighted by molar-refractivity contribution is 6.21. The van der Waals surface area contributed by atoms with E-state index in [2.05, 4.69) is 29.0 Å². The Kier molecular flexibility index (Phi) is 9.32. The number of aromatic nitrogens is 3. The first-order valence-corrected chi connectivity index (χ1v) is 14.6. The number of nitrogens with zero attached hydrogens (tertiary/aromatic N) is 4.